The second kappa shape index (κ2) is 11.8. The lowest BCUT2D eigenvalue weighted by molar-refractivity contribution is -0.0368. The zero-order chi connectivity index (χ0) is 25.6. The van der Waals surface area contributed by atoms with Crippen molar-refractivity contribution >= 4 is 18.7 Å². The average Bonchev–Trinajstić information content (AvgIpc) is 2.87. The van der Waals surface area contributed by atoms with Gasteiger partial charge in [-0.1, -0.05) is 101 Å². The molecule has 4 heteroatoms. The van der Waals surface area contributed by atoms with Gasteiger partial charge in [0.05, 0.1) is 18.3 Å². The molecule has 0 aromatic heterocycles. The molecule has 3 rings (SSSR count). The zero-order valence-corrected chi connectivity index (χ0v) is 23.4. The number of hydrogen-bond donors (Lipinski definition) is 1. The summed E-state index contributed by atoms with van der Waals surface area (Å²) in [4.78, 5) is 0. The average molecular weight is 493 g/mol. The monoisotopic (exact) mass is 492 g/mol. The van der Waals surface area contributed by atoms with Gasteiger partial charge < -0.3 is 14.3 Å². The van der Waals surface area contributed by atoms with E-state index < -0.39 is 14.4 Å². The number of ether oxygens (including phenoxy) is 1. The van der Waals surface area contributed by atoms with Gasteiger partial charge in [0.2, 0.25) is 0 Å². The third-order valence-corrected chi connectivity index (χ3v) is 12.7. The molecule has 35 heavy (non-hydrogen) atoms. The van der Waals surface area contributed by atoms with Crippen LogP contribution in [0.15, 0.2) is 85.0 Å². The van der Waals surface area contributed by atoms with Gasteiger partial charge in [0.25, 0.3) is 8.32 Å². The van der Waals surface area contributed by atoms with Crippen LogP contribution in [0.2, 0.25) is 5.04 Å². The number of benzene rings is 2. The van der Waals surface area contributed by atoms with E-state index in [0.29, 0.717) is 5.92 Å². The van der Waals surface area contributed by atoms with E-state index in [-0.39, 0.29) is 23.2 Å². The van der Waals surface area contributed by atoms with Crippen LogP contribution in [0.3, 0.4) is 0 Å². The van der Waals surface area contributed by atoms with Gasteiger partial charge in [-0.2, -0.15) is 0 Å². The predicted octanol–water partition coefficient (Wildman–Crippen LogP) is 5.88. The number of aliphatic hydroxyl groups is 1. The van der Waals surface area contributed by atoms with Crippen molar-refractivity contribution in [2.24, 2.45) is 11.8 Å². The van der Waals surface area contributed by atoms with E-state index in [1.54, 1.807) is 7.11 Å². The highest BCUT2D eigenvalue weighted by atomic mass is 28.4. The highest BCUT2D eigenvalue weighted by molar-refractivity contribution is 6.99. The van der Waals surface area contributed by atoms with Crippen LogP contribution >= 0.6 is 0 Å². The number of hydrogen-bond acceptors (Lipinski definition) is 3. The molecule has 1 aliphatic rings. The quantitative estimate of drug-likeness (QED) is 0.351. The van der Waals surface area contributed by atoms with Gasteiger partial charge in [-0.3, -0.25) is 0 Å². The van der Waals surface area contributed by atoms with Crippen molar-refractivity contribution in [1.82, 2.24) is 0 Å². The first kappa shape index (κ1) is 27.6. The van der Waals surface area contributed by atoms with Crippen LogP contribution in [-0.4, -0.2) is 38.8 Å². The van der Waals surface area contributed by atoms with Crippen LogP contribution in [0, 0.1) is 11.8 Å². The maximum Gasteiger partial charge on any atom is 0.261 e. The maximum atomic E-state index is 10.6. The van der Waals surface area contributed by atoms with Gasteiger partial charge in [0.1, 0.15) is 0 Å². The molecule has 5 atom stereocenters. The summed E-state index contributed by atoms with van der Waals surface area (Å²) in [6.07, 6.45) is 6.46. The molecule has 1 aliphatic carbocycles. The fourth-order valence-corrected chi connectivity index (χ4v) is 10.3. The van der Waals surface area contributed by atoms with Gasteiger partial charge in [0.15, 0.2) is 0 Å². The van der Waals surface area contributed by atoms with Crippen LogP contribution in [0.5, 0.6) is 0 Å². The van der Waals surface area contributed by atoms with Crippen molar-refractivity contribution < 1.29 is 14.3 Å². The van der Waals surface area contributed by atoms with Gasteiger partial charge >= 0.3 is 0 Å². The predicted molar refractivity (Wildman–Crippen MR) is 150 cm³/mol. The minimum absolute atomic E-state index is 0.00780. The van der Waals surface area contributed by atoms with E-state index in [2.05, 4.69) is 94.1 Å². The fourth-order valence-electron chi connectivity index (χ4n) is 5.60. The molecule has 3 nitrogen and oxygen atoms in total. The van der Waals surface area contributed by atoms with E-state index in [9.17, 15) is 5.11 Å². The molecule has 2 aromatic carbocycles. The van der Waals surface area contributed by atoms with E-state index in [1.807, 2.05) is 19.9 Å². The molecule has 190 valence electrons. The minimum Gasteiger partial charge on any atom is -0.402 e. The fraction of sp³-hybridized carbons (Fsp3) is 0.484. The molecule has 0 spiro atoms. The van der Waals surface area contributed by atoms with Crippen LogP contribution in [-0.2, 0) is 9.16 Å². The van der Waals surface area contributed by atoms with Gasteiger partial charge in [0, 0.05) is 13.0 Å². The smallest absolute Gasteiger partial charge is 0.261 e. The van der Waals surface area contributed by atoms with E-state index in [0.717, 1.165) is 24.8 Å². The summed E-state index contributed by atoms with van der Waals surface area (Å²) in [5.41, 5.74) is 1.02. The maximum absolute atomic E-state index is 10.6. The third kappa shape index (κ3) is 6.06. The molecule has 0 radical (unpaired) electrons. The Morgan fingerprint density at radius 3 is 2.00 bits per heavy atom. The van der Waals surface area contributed by atoms with Gasteiger partial charge in [-0.05, 0) is 53.1 Å². The highest BCUT2D eigenvalue weighted by Gasteiger charge is 2.52. The number of aliphatic hydroxyl groups excluding tert-OH is 1. The Hall–Kier alpha value is -1.98. The van der Waals surface area contributed by atoms with E-state index in [1.165, 1.54) is 10.4 Å². The first-order valence-corrected chi connectivity index (χ1v) is 14.9. The first-order chi connectivity index (χ1) is 16.6. The lowest BCUT2D eigenvalue weighted by Gasteiger charge is -2.47. The Bertz CT molecular complexity index is 924. The molecule has 0 amide bonds. The molecule has 1 N–H and O–H groups in total. The van der Waals surface area contributed by atoms with Gasteiger partial charge in [-0.25, -0.2) is 0 Å². The third-order valence-electron chi connectivity index (χ3n) is 7.65. The summed E-state index contributed by atoms with van der Waals surface area (Å²) in [5, 5.41) is 13.1. The van der Waals surface area contributed by atoms with Crippen LogP contribution < -0.4 is 10.4 Å². The molecule has 1 saturated carbocycles. The summed E-state index contributed by atoms with van der Waals surface area (Å²) >= 11 is 0. The SMILES string of the molecule is C=C[C@@H](C)[C@H](O)/C(C)=C/[C@@H]1CC[C@@H](O[Si](c2ccccc2)(c2ccccc2)C(C)(C)C)[C@H](OC)C1. The van der Waals surface area contributed by atoms with Crippen LogP contribution in [0.25, 0.3) is 0 Å². The normalized spacial score (nSPS) is 23.5. The molecular weight excluding hydrogens is 448 g/mol. The summed E-state index contributed by atoms with van der Waals surface area (Å²) < 4.78 is 13.5. The summed E-state index contributed by atoms with van der Waals surface area (Å²) in [5.74, 6) is 0.407. The molecule has 0 heterocycles. The number of rotatable bonds is 9. The highest BCUT2D eigenvalue weighted by Crippen LogP contribution is 2.40. The molecule has 0 unspecified atom stereocenters. The zero-order valence-electron chi connectivity index (χ0n) is 22.4. The molecule has 0 saturated heterocycles. The standard InChI is InChI=1S/C31H44O3Si/c1-8-23(2)30(32)24(3)21-25-19-20-28(29(22-25)33-7)34-35(31(4,5)6,26-15-11-9-12-16-26)27-17-13-10-14-18-27/h8-18,21,23,25,28-30,32H,1,19-20,22H2,2-7H3/b24-21+/t23-,25+,28-,29-,30+/m1/s1. The largest absolute Gasteiger partial charge is 0.402 e. The first-order valence-electron chi connectivity index (χ1n) is 12.9. The lowest BCUT2D eigenvalue weighted by atomic mass is 9.83. The Morgan fingerprint density at radius 2 is 1.54 bits per heavy atom. The molecule has 2 aromatic rings. The van der Waals surface area contributed by atoms with E-state index in [4.69, 9.17) is 9.16 Å². The lowest BCUT2D eigenvalue weighted by Crippen LogP contribution is -2.68. The van der Waals surface area contributed by atoms with Crippen molar-refractivity contribution in [2.45, 2.75) is 77.2 Å². The van der Waals surface area contributed by atoms with Gasteiger partial charge in [-0.15, -0.1) is 6.58 Å². The summed E-state index contributed by atoms with van der Waals surface area (Å²) in [6, 6.07) is 21.6. The second-order valence-corrected chi connectivity index (χ2v) is 15.4. The topological polar surface area (TPSA) is 38.7 Å². The summed E-state index contributed by atoms with van der Waals surface area (Å²) in [6.45, 7) is 14.8. The Balaban J connectivity index is 1.94. The van der Waals surface area contributed by atoms with Crippen LogP contribution in [0.4, 0.5) is 0 Å². The molecule has 0 bridgehead atoms. The van der Waals surface area contributed by atoms with Crippen LogP contribution in [0.1, 0.15) is 53.9 Å². The van der Waals surface area contributed by atoms with Crippen molar-refractivity contribution in [3.05, 3.63) is 85.0 Å². The minimum atomic E-state index is -2.63. The van der Waals surface area contributed by atoms with Crippen molar-refractivity contribution in [1.29, 1.82) is 0 Å². The molecule has 1 fully saturated rings. The molecule has 0 aliphatic heterocycles. The summed E-state index contributed by atoms with van der Waals surface area (Å²) in [7, 11) is -0.828. The van der Waals surface area contributed by atoms with Crippen molar-refractivity contribution in [3.8, 4) is 0 Å². The van der Waals surface area contributed by atoms with Crippen molar-refractivity contribution in [2.75, 3.05) is 7.11 Å². The van der Waals surface area contributed by atoms with Crippen molar-refractivity contribution in [3.63, 3.8) is 0 Å². The Morgan fingerprint density at radius 1 is 1.00 bits per heavy atom. The second-order valence-electron chi connectivity index (χ2n) is 11.1. The molecular formula is C31H44O3Si. The van der Waals surface area contributed by atoms with E-state index >= 15 is 0 Å². The number of allylic oxidation sites excluding steroid dienone is 1. The number of methoxy groups -OCH3 is 1. The Labute approximate surface area is 214 Å². The Kier molecular flexibility index (Phi) is 9.33.